The highest BCUT2D eigenvalue weighted by atomic mass is 35.5. The molecule has 0 spiro atoms. The van der Waals surface area contributed by atoms with Crippen LogP contribution in [0.3, 0.4) is 0 Å². The van der Waals surface area contributed by atoms with E-state index in [1.165, 1.54) is 0 Å². The molecule has 1 aromatic carbocycles. The van der Waals surface area contributed by atoms with E-state index in [4.69, 9.17) is 11.6 Å². The third-order valence-electron chi connectivity index (χ3n) is 3.20. The Morgan fingerprint density at radius 2 is 1.68 bits per heavy atom. The molecule has 0 radical (unpaired) electrons. The molecule has 4 heteroatoms. The highest BCUT2D eigenvalue weighted by Gasteiger charge is 2.30. The lowest BCUT2D eigenvalue weighted by Gasteiger charge is -2.16. The molecule has 1 aliphatic carbocycles. The Bertz CT molecular complexity index is 694. The maximum atomic E-state index is 12.4. The third kappa shape index (κ3) is 1.87. The first kappa shape index (κ1) is 12.1. The van der Waals surface area contributed by atoms with Crippen LogP contribution >= 0.6 is 11.6 Å². The topological polar surface area (TPSA) is 47.0 Å². The van der Waals surface area contributed by atoms with Crippen molar-refractivity contribution < 1.29 is 9.59 Å². The first-order valence-electron chi connectivity index (χ1n) is 5.95. The van der Waals surface area contributed by atoms with Crippen molar-refractivity contribution in [3.05, 3.63) is 64.5 Å². The lowest BCUT2D eigenvalue weighted by atomic mass is 9.86. The molecule has 0 saturated carbocycles. The fraction of sp³-hybridized carbons (Fsp3) is 0.133. The number of hydrogen-bond acceptors (Lipinski definition) is 3. The van der Waals surface area contributed by atoms with Crippen molar-refractivity contribution >= 4 is 23.2 Å². The van der Waals surface area contributed by atoms with Gasteiger partial charge in [0.2, 0.25) is 5.78 Å². The molecule has 0 fully saturated rings. The van der Waals surface area contributed by atoms with E-state index in [0.717, 1.165) is 5.56 Å². The van der Waals surface area contributed by atoms with Crippen LogP contribution in [-0.4, -0.2) is 22.4 Å². The average Bonchev–Trinajstić information content (AvgIpc) is 2.45. The van der Waals surface area contributed by atoms with Gasteiger partial charge in [-0.15, -0.1) is 11.6 Å². The van der Waals surface area contributed by atoms with Crippen LogP contribution in [0.25, 0.3) is 0 Å². The van der Waals surface area contributed by atoms with Gasteiger partial charge in [-0.25, -0.2) is 0 Å². The van der Waals surface area contributed by atoms with Gasteiger partial charge in [0.25, 0.3) is 0 Å². The van der Waals surface area contributed by atoms with Crippen LogP contribution in [0.2, 0.25) is 0 Å². The number of aromatic nitrogens is 1. The second-order valence-electron chi connectivity index (χ2n) is 4.38. The van der Waals surface area contributed by atoms with Gasteiger partial charge < -0.3 is 0 Å². The number of hydrogen-bond donors (Lipinski definition) is 0. The normalized spacial score (nSPS) is 13.1. The number of nitrogens with zero attached hydrogens (tertiary/aromatic N) is 1. The number of carbonyl (C=O) groups is 2. The molecular formula is C15H10ClNO2. The Morgan fingerprint density at radius 3 is 2.37 bits per heavy atom. The van der Waals surface area contributed by atoms with Gasteiger partial charge in [0.15, 0.2) is 5.78 Å². The minimum Gasteiger partial charge on any atom is -0.288 e. The number of halogens is 1. The molecule has 0 saturated heterocycles. The highest BCUT2D eigenvalue weighted by molar-refractivity contribution is 6.27. The number of aryl methyl sites for hydroxylation is 1. The molecule has 0 amide bonds. The van der Waals surface area contributed by atoms with Crippen LogP contribution in [0.15, 0.2) is 36.5 Å². The zero-order valence-corrected chi connectivity index (χ0v) is 10.8. The fourth-order valence-corrected chi connectivity index (χ4v) is 2.48. The van der Waals surface area contributed by atoms with Gasteiger partial charge in [-0.3, -0.25) is 14.6 Å². The Balaban J connectivity index is 2.18. The second-order valence-corrected chi connectivity index (χ2v) is 4.76. The summed E-state index contributed by atoms with van der Waals surface area (Å²) in [7, 11) is 0. The van der Waals surface area contributed by atoms with E-state index < -0.39 is 0 Å². The predicted molar refractivity (Wildman–Crippen MR) is 72.0 cm³/mol. The largest absolute Gasteiger partial charge is 0.288 e. The summed E-state index contributed by atoms with van der Waals surface area (Å²) >= 11 is 5.69. The van der Waals surface area contributed by atoms with E-state index in [0.29, 0.717) is 29.0 Å². The van der Waals surface area contributed by atoms with E-state index in [-0.39, 0.29) is 17.3 Å². The van der Waals surface area contributed by atoms with Crippen LogP contribution in [0.5, 0.6) is 0 Å². The molecule has 2 aromatic rings. The molecule has 1 aliphatic rings. The predicted octanol–water partition coefficient (Wildman–Crippen LogP) is 2.64. The third-order valence-corrected chi connectivity index (χ3v) is 3.39. The number of benzene rings is 1. The van der Waals surface area contributed by atoms with E-state index in [2.05, 4.69) is 4.98 Å². The van der Waals surface area contributed by atoms with E-state index >= 15 is 0 Å². The number of ketones is 2. The smallest absolute Gasteiger partial charge is 0.212 e. The summed E-state index contributed by atoms with van der Waals surface area (Å²) in [5.74, 6) is 0.121. The number of rotatable bonds is 2. The summed E-state index contributed by atoms with van der Waals surface area (Å²) in [6, 6.07) is 8.56. The van der Waals surface area contributed by atoms with Crippen molar-refractivity contribution in [1.82, 2.24) is 4.98 Å². The van der Waals surface area contributed by atoms with Crippen molar-refractivity contribution in [2.45, 2.75) is 6.42 Å². The minimum absolute atomic E-state index is 0.144. The molecule has 19 heavy (non-hydrogen) atoms. The number of pyridine rings is 1. The molecule has 0 N–H and O–H groups in total. The highest BCUT2D eigenvalue weighted by Crippen LogP contribution is 2.26. The molecular weight excluding hydrogens is 262 g/mol. The quantitative estimate of drug-likeness (QED) is 0.673. The Labute approximate surface area is 115 Å². The standard InChI is InChI=1S/C15H10ClNO2/c16-6-5-9-7-12-13(17-8-9)15(19)11-4-2-1-3-10(11)14(12)18/h1-4,7-8H,5-6H2. The van der Waals surface area contributed by atoms with Crippen molar-refractivity contribution in [3.63, 3.8) is 0 Å². The maximum Gasteiger partial charge on any atom is 0.212 e. The molecule has 1 heterocycles. The van der Waals surface area contributed by atoms with Gasteiger partial charge in [-0.2, -0.15) is 0 Å². The molecule has 0 bridgehead atoms. The van der Waals surface area contributed by atoms with Crippen molar-refractivity contribution in [1.29, 1.82) is 0 Å². The Morgan fingerprint density at radius 1 is 1.00 bits per heavy atom. The van der Waals surface area contributed by atoms with Gasteiger partial charge in [0.1, 0.15) is 5.69 Å². The van der Waals surface area contributed by atoms with E-state index in [1.54, 1.807) is 36.5 Å². The van der Waals surface area contributed by atoms with Gasteiger partial charge in [0, 0.05) is 23.2 Å². The second kappa shape index (κ2) is 4.59. The number of alkyl halides is 1. The zero-order chi connectivity index (χ0) is 13.4. The van der Waals surface area contributed by atoms with Gasteiger partial charge >= 0.3 is 0 Å². The lowest BCUT2D eigenvalue weighted by molar-refractivity contribution is 0.0975. The summed E-state index contributed by atoms with van der Waals surface area (Å²) in [5.41, 5.74) is 2.37. The number of carbonyl (C=O) groups excluding carboxylic acids is 2. The Kier molecular flexibility index (Phi) is 2.91. The number of fused-ring (bicyclic) bond motifs is 2. The Hall–Kier alpha value is -2.00. The van der Waals surface area contributed by atoms with Crippen molar-refractivity contribution in [2.75, 3.05) is 5.88 Å². The van der Waals surface area contributed by atoms with E-state index in [9.17, 15) is 9.59 Å². The maximum absolute atomic E-state index is 12.4. The summed E-state index contributed by atoms with van der Waals surface area (Å²) in [5, 5.41) is 0. The van der Waals surface area contributed by atoms with E-state index in [1.807, 2.05) is 0 Å². The lowest BCUT2D eigenvalue weighted by Crippen LogP contribution is -2.22. The van der Waals surface area contributed by atoms with Gasteiger partial charge in [-0.05, 0) is 18.1 Å². The fourth-order valence-electron chi connectivity index (χ4n) is 2.26. The first-order valence-corrected chi connectivity index (χ1v) is 6.49. The average molecular weight is 272 g/mol. The molecule has 3 nitrogen and oxygen atoms in total. The SMILES string of the molecule is O=C1c2ccccc2C(=O)c2ncc(CCCl)cc21. The summed E-state index contributed by atoms with van der Waals surface area (Å²) in [4.78, 5) is 28.8. The van der Waals surface area contributed by atoms with Crippen LogP contribution in [0, 0.1) is 0 Å². The molecule has 3 rings (SSSR count). The first-order chi connectivity index (χ1) is 9.22. The molecule has 0 unspecified atom stereocenters. The van der Waals surface area contributed by atoms with Gasteiger partial charge in [-0.1, -0.05) is 24.3 Å². The van der Waals surface area contributed by atoms with Gasteiger partial charge in [0.05, 0.1) is 5.56 Å². The van der Waals surface area contributed by atoms with Crippen LogP contribution in [-0.2, 0) is 6.42 Å². The van der Waals surface area contributed by atoms with Crippen LogP contribution in [0.1, 0.15) is 37.5 Å². The molecule has 0 atom stereocenters. The monoisotopic (exact) mass is 271 g/mol. The molecule has 1 aromatic heterocycles. The summed E-state index contributed by atoms with van der Waals surface area (Å²) in [6.45, 7) is 0. The molecule has 0 aliphatic heterocycles. The van der Waals surface area contributed by atoms with Crippen LogP contribution < -0.4 is 0 Å². The van der Waals surface area contributed by atoms with Crippen molar-refractivity contribution in [2.24, 2.45) is 0 Å². The summed E-state index contributed by atoms with van der Waals surface area (Å²) < 4.78 is 0. The zero-order valence-electron chi connectivity index (χ0n) is 10.0. The van der Waals surface area contributed by atoms with Crippen LogP contribution in [0.4, 0.5) is 0 Å². The van der Waals surface area contributed by atoms with Crippen molar-refractivity contribution in [3.8, 4) is 0 Å². The minimum atomic E-state index is -0.192. The summed E-state index contributed by atoms with van der Waals surface area (Å²) in [6.07, 6.45) is 2.24. The molecule has 94 valence electrons.